The fraction of sp³-hybridized carbons (Fsp3) is 0.300. The zero-order valence-corrected chi connectivity index (χ0v) is 7.71. The third-order valence-electron chi connectivity index (χ3n) is 1.89. The van der Waals surface area contributed by atoms with Crippen molar-refractivity contribution in [3.8, 4) is 11.8 Å². The molecule has 3 heteroatoms. The molecule has 1 saturated carbocycles. The predicted octanol–water partition coefficient (Wildman–Crippen LogP) is 2.75. The van der Waals surface area contributed by atoms with Gasteiger partial charge in [0.25, 0.3) is 0 Å². The molecule has 2 nitrogen and oxygen atoms in total. The summed E-state index contributed by atoms with van der Waals surface area (Å²) >= 11 is 5.83. The van der Waals surface area contributed by atoms with Crippen LogP contribution in [0.25, 0.3) is 0 Å². The van der Waals surface area contributed by atoms with Crippen LogP contribution in [0.5, 0.6) is 5.75 Å². The molecule has 0 atom stereocenters. The lowest BCUT2D eigenvalue weighted by atomic mass is 10.2. The molecule has 0 N–H and O–H groups in total. The number of hydrogen-bond acceptors (Lipinski definition) is 2. The zero-order chi connectivity index (χ0) is 9.26. The average Bonchev–Trinajstić information content (AvgIpc) is 2.89. The predicted molar refractivity (Wildman–Crippen MR) is 49.8 cm³/mol. The van der Waals surface area contributed by atoms with Gasteiger partial charge in [-0.2, -0.15) is 5.26 Å². The van der Waals surface area contributed by atoms with Crippen molar-refractivity contribution in [3.63, 3.8) is 0 Å². The Morgan fingerprint density at radius 1 is 1.46 bits per heavy atom. The van der Waals surface area contributed by atoms with Crippen LogP contribution in [0.1, 0.15) is 18.4 Å². The Morgan fingerprint density at radius 3 is 2.77 bits per heavy atom. The van der Waals surface area contributed by atoms with Crippen LogP contribution in [0.15, 0.2) is 18.2 Å². The largest absolute Gasteiger partial charge is 0.490 e. The molecule has 0 spiro atoms. The molecule has 0 amide bonds. The molecule has 1 aromatic rings. The Hall–Kier alpha value is -1.20. The summed E-state index contributed by atoms with van der Waals surface area (Å²) in [7, 11) is 0. The highest BCUT2D eigenvalue weighted by Gasteiger charge is 2.23. The summed E-state index contributed by atoms with van der Waals surface area (Å²) in [5, 5.41) is 9.09. The molecular weight excluding hydrogens is 186 g/mol. The Kier molecular flexibility index (Phi) is 2.12. The van der Waals surface area contributed by atoms with E-state index >= 15 is 0 Å². The van der Waals surface area contributed by atoms with Crippen molar-refractivity contribution >= 4 is 11.6 Å². The summed E-state index contributed by atoms with van der Waals surface area (Å²) < 4.78 is 5.51. The smallest absolute Gasteiger partial charge is 0.121 e. The third-order valence-corrected chi connectivity index (χ3v) is 2.20. The Morgan fingerprint density at radius 2 is 2.23 bits per heavy atom. The minimum absolute atomic E-state index is 0.365. The lowest BCUT2D eigenvalue weighted by Crippen LogP contribution is -1.95. The van der Waals surface area contributed by atoms with E-state index in [2.05, 4.69) is 0 Å². The minimum Gasteiger partial charge on any atom is -0.490 e. The van der Waals surface area contributed by atoms with Gasteiger partial charge in [0.2, 0.25) is 0 Å². The second-order valence-electron chi connectivity index (χ2n) is 3.07. The Bertz CT molecular complexity index is 366. The fourth-order valence-electron chi connectivity index (χ4n) is 1.04. The van der Waals surface area contributed by atoms with Gasteiger partial charge in [0.15, 0.2) is 0 Å². The number of benzene rings is 1. The monoisotopic (exact) mass is 193 g/mol. The highest BCUT2D eigenvalue weighted by atomic mass is 35.5. The Labute approximate surface area is 81.7 Å². The third kappa shape index (κ3) is 1.93. The Balaban J connectivity index is 2.19. The molecule has 0 aromatic heterocycles. The van der Waals surface area contributed by atoms with Crippen LogP contribution in [-0.2, 0) is 0 Å². The highest BCUT2D eigenvalue weighted by molar-refractivity contribution is 6.31. The standard InChI is InChI=1S/C10H8ClNO/c11-10-5-9(13-8-3-4-8)2-1-7(10)6-12/h1-2,5,8H,3-4H2. The summed E-state index contributed by atoms with van der Waals surface area (Å²) in [6.45, 7) is 0. The minimum atomic E-state index is 0.365. The first-order chi connectivity index (χ1) is 6.29. The zero-order valence-electron chi connectivity index (χ0n) is 6.96. The van der Waals surface area contributed by atoms with Gasteiger partial charge in [-0.1, -0.05) is 11.6 Å². The van der Waals surface area contributed by atoms with E-state index in [1.807, 2.05) is 6.07 Å². The summed E-state index contributed by atoms with van der Waals surface area (Å²) in [5.41, 5.74) is 0.491. The fourth-order valence-corrected chi connectivity index (χ4v) is 1.25. The molecule has 1 aliphatic carbocycles. The van der Waals surface area contributed by atoms with E-state index in [9.17, 15) is 0 Å². The van der Waals surface area contributed by atoms with Crippen molar-refractivity contribution in [2.24, 2.45) is 0 Å². The van der Waals surface area contributed by atoms with E-state index in [0.717, 1.165) is 18.6 Å². The maximum atomic E-state index is 8.63. The summed E-state index contributed by atoms with van der Waals surface area (Å²) in [5.74, 6) is 0.756. The molecule has 0 unspecified atom stereocenters. The van der Waals surface area contributed by atoms with Crippen molar-refractivity contribution in [2.75, 3.05) is 0 Å². The number of ether oxygens (including phenoxy) is 1. The number of halogens is 1. The lowest BCUT2D eigenvalue weighted by Gasteiger charge is -2.04. The molecule has 2 rings (SSSR count). The van der Waals surface area contributed by atoms with Crippen LogP contribution >= 0.6 is 11.6 Å². The molecule has 0 bridgehead atoms. The molecule has 0 aliphatic heterocycles. The molecule has 1 fully saturated rings. The van der Waals surface area contributed by atoms with Crippen molar-refractivity contribution in [2.45, 2.75) is 18.9 Å². The molecule has 13 heavy (non-hydrogen) atoms. The molecule has 0 radical (unpaired) electrons. The topological polar surface area (TPSA) is 33.0 Å². The van der Waals surface area contributed by atoms with E-state index in [0.29, 0.717) is 16.7 Å². The van der Waals surface area contributed by atoms with Crippen molar-refractivity contribution in [1.29, 1.82) is 5.26 Å². The van der Waals surface area contributed by atoms with E-state index in [-0.39, 0.29) is 0 Å². The van der Waals surface area contributed by atoms with Crippen LogP contribution in [-0.4, -0.2) is 6.10 Å². The summed E-state index contributed by atoms with van der Waals surface area (Å²) in [6, 6.07) is 7.16. The van der Waals surface area contributed by atoms with Gasteiger partial charge in [-0.05, 0) is 25.0 Å². The quantitative estimate of drug-likeness (QED) is 0.724. The van der Waals surface area contributed by atoms with Gasteiger partial charge in [0.05, 0.1) is 16.7 Å². The first-order valence-electron chi connectivity index (χ1n) is 4.16. The second kappa shape index (κ2) is 3.27. The average molecular weight is 194 g/mol. The second-order valence-corrected chi connectivity index (χ2v) is 3.48. The summed E-state index contributed by atoms with van der Waals surface area (Å²) in [6.07, 6.45) is 2.61. The van der Waals surface area contributed by atoms with Gasteiger partial charge < -0.3 is 4.74 Å². The van der Waals surface area contributed by atoms with Gasteiger partial charge in [-0.15, -0.1) is 0 Å². The maximum Gasteiger partial charge on any atom is 0.121 e. The van der Waals surface area contributed by atoms with Gasteiger partial charge in [-0.3, -0.25) is 0 Å². The normalized spacial score (nSPS) is 15.1. The van der Waals surface area contributed by atoms with Crippen molar-refractivity contribution in [1.82, 2.24) is 0 Å². The van der Waals surface area contributed by atoms with E-state index in [4.69, 9.17) is 21.6 Å². The van der Waals surface area contributed by atoms with Crippen LogP contribution < -0.4 is 4.74 Å². The van der Waals surface area contributed by atoms with E-state index < -0.39 is 0 Å². The number of nitrogens with zero attached hydrogens (tertiary/aromatic N) is 1. The van der Waals surface area contributed by atoms with Gasteiger partial charge in [0, 0.05) is 6.07 Å². The summed E-state index contributed by atoms with van der Waals surface area (Å²) in [4.78, 5) is 0. The first kappa shape index (κ1) is 8.40. The SMILES string of the molecule is N#Cc1ccc(OC2CC2)cc1Cl. The molecule has 0 saturated heterocycles. The lowest BCUT2D eigenvalue weighted by molar-refractivity contribution is 0.303. The first-order valence-corrected chi connectivity index (χ1v) is 4.53. The van der Waals surface area contributed by atoms with Crippen molar-refractivity contribution in [3.05, 3.63) is 28.8 Å². The molecule has 1 aromatic carbocycles. The molecule has 0 heterocycles. The van der Waals surface area contributed by atoms with E-state index in [1.54, 1.807) is 18.2 Å². The van der Waals surface area contributed by atoms with Gasteiger partial charge in [-0.25, -0.2) is 0 Å². The van der Waals surface area contributed by atoms with Crippen LogP contribution in [0, 0.1) is 11.3 Å². The van der Waals surface area contributed by atoms with E-state index in [1.165, 1.54) is 0 Å². The number of rotatable bonds is 2. The number of nitriles is 1. The molecule has 66 valence electrons. The van der Waals surface area contributed by atoms with Gasteiger partial charge in [0.1, 0.15) is 11.8 Å². The number of hydrogen-bond donors (Lipinski definition) is 0. The van der Waals surface area contributed by atoms with Gasteiger partial charge >= 0.3 is 0 Å². The highest BCUT2D eigenvalue weighted by Crippen LogP contribution is 2.29. The van der Waals surface area contributed by atoms with Crippen LogP contribution in [0.4, 0.5) is 0 Å². The van der Waals surface area contributed by atoms with Crippen LogP contribution in [0.3, 0.4) is 0 Å². The molecular formula is C10H8ClNO. The van der Waals surface area contributed by atoms with Crippen molar-refractivity contribution < 1.29 is 4.74 Å². The molecule has 1 aliphatic rings. The van der Waals surface area contributed by atoms with Crippen LogP contribution in [0.2, 0.25) is 5.02 Å². The maximum absolute atomic E-state index is 8.63.